The van der Waals surface area contributed by atoms with Crippen molar-refractivity contribution in [1.29, 1.82) is 0 Å². The zero-order chi connectivity index (χ0) is 17.8. The van der Waals surface area contributed by atoms with E-state index in [1.165, 1.54) is 0 Å². The molecule has 1 aliphatic heterocycles. The molecule has 25 heavy (non-hydrogen) atoms. The summed E-state index contributed by atoms with van der Waals surface area (Å²) in [5.74, 6) is 0.446. The van der Waals surface area contributed by atoms with Gasteiger partial charge in [0, 0.05) is 30.9 Å². The molecular formula is C19H28N4O2. The van der Waals surface area contributed by atoms with Crippen LogP contribution in [0.3, 0.4) is 0 Å². The number of likely N-dealkylation sites (tertiary alicyclic amines) is 1. The van der Waals surface area contributed by atoms with Crippen molar-refractivity contribution in [3.8, 4) is 0 Å². The van der Waals surface area contributed by atoms with Gasteiger partial charge < -0.3 is 19.8 Å². The Hall–Kier alpha value is -2.08. The molecule has 0 atom stereocenters. The van der Waals surface area contributed by atoms with Crippen molar-refractivity contribution in [3.63, 3.8) is 0 Å². The van der Waals surface area contributed by atoms with E-state index in [0.29, 0.717) is 35.5 Å². The first-order valence-electron chi connectivity index (χ1n) is 9.27. The number of amides is 1. The van der Waals surface area contributed by atoms with Crippen molar-refractivity contribution < 1.29 is 4.79 Å². The highest BCUT2D eigenvalue weighted by Crippen LogP contribution is 2.17. The first-order chi connectivity index (χ1) is 12.1. The fourth-order valence-corrected chi connectivity index (χ4v) is 3.47. The van der Waals surface area contributed by atoms with Crippen LogP contribution in [0.25, 0.3) is 10.9 Å². The molecule has 1 aliphatic rings. The third-order valence-corrected chi connectivity index (χ3v) is 5.18. The highest BCUT2D eigenvalue weighted by molar-refractivity contribution is 6.05. The van der Waals surface area contributed by atoms with E-state index in [0.717, 1.165) is 38.8 Å². The van der Waals surface area contributed by atoms with E-state index in [4.69, 9.17) is 0 Å². The number of nitrogens with one attached hydrogen (secondary N) is 2. The van der Waals surface area contributed by atoms with Gasteiger partial charge in [-0.15, -0.1) is 0 Å². The predicted octanol–water partition coefficient (Wildman–Crippen LogP) is 2.20. The van der Waals surface area contributed by atoms with Crippen LogP contribution in [0, 0.1) is 5.92 Å². The molecule has 0 saturated carbocycles. The average Bonchev–Trinajstić information content (AvgIpc) is 3.10. The van der Waals surface area contributed by atoms with E-state index in [9.17, 15) is 9.59 Å². The fraction of sp³-hybridized carbons (Fsp3) is 0.579. The number of hydrogen-bond acceptors (Lipinski definition) is 3. The van der Waals surface area contributed by atoms with Gasteiger partial charge in [0.2, 0.25) is 0 Å². The van der Waals surface area contributed by atoms with Crippen molar-refractivity contribution in [1.82, 2.24) is 19.8 Å². The van der Waals surface area contributed by atoms with Crippen LogP contribution in [-0.4, -0.2) is 47.0 Å². The van der Waals surface area contributed by atoms with Crippen LogP contribution >= 0.6 is 0 Å². The average molecular weight is 344 g/mol. The van der Waals surface area contributed by atoms with Gasteiger partial charge in [-0.25, -0.2) is 0 Å². The maximum Gasteiger partial charge on any atom is 0.274 e. The lowest BCUT2D eigenvalue weighted by molar-refractivity contribution is 0.0940. The Morgan fingerprint density at radius 3 is 2.84 bits per heavy atom. The lowest BCUT2D eigenvalue weighted by Gasteiger charge is -2.29. The number of pyridine rings is 1. The van der Waals surface area contributed by atoms with Crippen molar-refractivity contribution in [2.45, 2.75) is 39.2 Å². The van der Waals surface area contributed by atoms with E-state index in [1.54, 1.807) is 17.0 Å². The molecule has 0 aliphatic carbocycles. The summed E-state index contributed by atoms with van der Waals surface area (Å²) in [6.07, 6.45) is 7.61. The molecule has 2 aromatic heterocycles. The molecule has 1 amide bonds. The van der Waals surface area contributed by atoms with Gasteiger partial charge in [-0.3, -0.25) is 9.59 Å². The van der Waals surface area contributed by atoms with Crippen LogP contribution in [0.1, 0.15) is 43.0 Å². The number of hydrogen-bond donors (Lipinski definition) is 2. The number of carbonyl (C=O) groups is 1. The predicted molar refractivity (Wildman–Crippen MR) is 100 cm³/mol. The second-order valence-electron chi connectivity index (χ2n) is 7.12. The number of nitrogens with zero attached hydrogens (tertiary/aromatic N) is 2. The molecule has 0 aromatic carbocycles. The highest BCUT2D eigenvalue weighted by Gasteiger charge is 2.19. The van der Waals surface area contributed by atoms with Crippen molar-refractivity contribution in [2.75, 3.05) is 26.7 Å². The number of carbonyl (C=O) groups excluding carboxylic acids is 1. The normalized spacial score (nSPS) is 16.4. The van der Waals surface area contributed by atoms with Gasteiger partial charge in [-0.05, 0) is 51.4 Å². The Bertz CT molecular complexity index is 784. The maximum absolute atomic E-state index is 12.8. The van der Waals surface area contributed by atoms with Gasteiger partial charge in [0.15, 0.2) is 0 Å². The number of H-pyrrole nitrogens is 1. The lowest BCUT2D eigenvalue weighted by Crippen LogP contribution is -2.37. The maximum atomic E-state index is 12.8. The molecule has 6 heteroatoms. The SMILES string of the molecule is CCCCn1cc(C(=O)NCC2CCN(C)CC2)c2cc[nH]c2c1=O. The molecule has 0 spiro atoms. The van der Waals surface area contributed by atoms with Crippen LogP contribution in [0.15, 0.2) is 23.3 Å². The number of aromatic nitrogens is 2. The number of aromatic amines is 1. The summed E-state index contributed by atoms with van der Waals surface area (Å²) in [5, 5.41) is 3.79. The number of unbranched alkanes of at least 4 members (excludes halogenated alkanes) is 1. The minimum atomic E-state index is -0.0891. The summed E-state index contributed by atoms with van der Waals surface area (Å²) in [5.41, 5.74) is 1.04. The standard InChI is InChI=1S/C19H28N4O2/c1-3-4-9-23-13-16(15-5-8-20-17(15)19(23)25)18(24)21-12-14-6-10-22(2)11-7-14/h5,8,13-14,20H,3-4,6-7,9-12H2,1-2H3,(H,21,24). The minimum Gasteiger partial charge on any atom is -0.357 e. The summed E-state index contributed by atoms with van der Waals surface area (Å²) in [6.45, 7) is 5.61. The van der Waals surface area contributed by atoms with E-state index in [1.807, 2.05) is 6.07 Å². The van der Waals surface area contributed by atoms with Crippen molar-refractivity contribution in [3.05, 3.63) is 34.4 Å². The summed E-state index contributed by atoms with van der Waals surface area (Å²) in [4.78, 5) is 30.6. The number of fused-ring (bicyclic) bond motifs is 1. The summed E-state index contributed by atoms with van der Waals surface area (Å²) in [6, 6.07) is 1.81. The van der Waals surface area contributed by atoms with Gasteiger partial charge in [0.25, 0.3) is 11.5 Å². The Labute approximate surface area is 148 Å². The first kappa shape index (κ1) is 17.7. The van der Waals surface area contributed by atoms with Gasteiger partial charge in [-0.2, -0.15) is 0 Å². The van der Waals surface area contributed by atoms with Crippen LogP contribution in [0.2, 0.25) is 0 Å². The molecular weight excluding hydrogens is 316 g/mol. The Kier molecular flexibility index (Phi) is 5.58. The second-order valence-corrected chi connectivity index (χ2v) is 7.12. The summed E-state index contributed by atoms with van der Waals surface area (Å²) < 4.78 is 1.66. The van der Waals surface area contributed by atoms with Gasteiger partial charge in [0.1, 0.15) is 5.52 Å². The lowest BCUT2D eigenvalue weighted by atomic mass is 9.97. The summed E-state index contributed by atoms with van der Waals surface area (Å²) in [7, 11) is 2.14. The van der Waals surface area contributed by atoms with Crippen molar-refractivity contribution >= 4 is 16.8 Å². The highest BCUT2D eigenvalue weighted by atomic mass is 16.2. The smallest absolute Gasteiger partial charge is 0.274 e. The van der Waals surface area contributed by atoms with Crippen LogP contribution in [0.4, 0.5) is 0 Å². The molecule has 0 bridgehead atoms. The quantitative estimate of drug-likeness (QED) is 0.844. The molecule has 1 saturated heterocycles. The topological polar surface area (TPSA) is 70.1 Å². The molecule has 0 radical (unpaired) electrons. The molecule has 1 fully saturated rings. The Morgan fingerprint density at radius 2 is 2.12 bits per heavy atom. The van der Waals surface area contributed by atoms with Crippen LogP contribution < -0.4 is 10.9 Å². The zero-order valence-electron chi connectivity index (χ0n) is 15.2. The zero-order valence-corrected chi connectivity index (χ0v) is 15.2. The largest absolute Gasteiger partial charge is 0.357 e. The first-order valence-corrected chi connectivity index (χ1v) is 9.27. The molecule has 2 aromatic rings. The Morgan fingerprint density at radius 1 is 1.36 bits per heavy atom. The number of rotatable bonds is 6. The number of aryl methyl sites for hydroxylation is 1. The van der Waals surface area contributed by atoms with Gasteiger partial charge in [-0.1, -0.05) is 13.3 Å². The third kappa shape index (κ3) is 3.95. The van der Waals surface area contributed by atoms with E-state index in [-0.39, 0.29) is 11.5 Å². The van der Waals surface area contributed by atoms with E-state index >= 15 is 0 Å². The monoisotopic (exact) mass is 344 g/mol. The van der Waals surface area contributed by atoms with Crippen molar-refractivity contribution in [2.24, 2.45) is 5.92 Å². The molecule has 6 nitrogen and oxygen atoms in total. The molecule has 136 valence electrons. The van der Waals surface area contributed by atoms with Crippen LogP contribution in [0.5, 0.6) is 0 Å². The summed E-state index contributed by atoms with van der Waals surface area (Å²) >= 11 is 0. The molecule has 2 N–H and O–H groups in total. The second kappa shape index (κ2) is 7.87. The fourth-order valence-electron chi connectivity index (χ4n) is 3.47. The van der Waals surface area contributed by atoms with Gasteiger partial charge >= 0.3 is 0 Å². The molecule has 3 rings (SSSR count). The third-order valence-electron chi connectivity index (χ3n) is 5.18. The van der Waals surface area contributed by atoms with Crippen LogP contribution in [-0.2, 0) is 6.54 Å². The van der Waals surface area contributed by atoms with E-state index < -0.39 is 0 Å². The van der Waals surface area contributed by atoms with E-state index in [2.05, 4.69) is 29.2 Å². The number of piperidine rings is 1. The molecule has 0 unspecified atom stereocenters. The molecule has 3 heterocycles. The van der Waals surface area contributed by atoms with Gasteiger partial charge in [0.05, 0.1) is 5.56 Å². The Balaban J connectivity index is 1.77. The minimum absolute atomic E-state index is 0.0553.